The highest BCUT2D eigenvalue weighted by molar-refractivity contribution is 6.14. The molecule has 0 bridgehead atoms. The molecule has 1 heterocycles. The molecule has 0 fully saturated rings. The average Bonchev–Trinajstić information content (AvgIpc) is 2.41. The van der Waals surface area contributed by atoms with Gasteiger partial charge in [0.05, 0.1) is 19.3 Å². The van der Waals surface area contributed by atoms with Crippen LogP contribution in [0.25, 0.3) is 5.70 Å². The second-order valence-electron chi connectivity index (χ2n) is 3.94. The Balaban J connectivity index is 3.41. The zero-order chi connectivity index (χ0) is 16.0. The lowest BCUT2D eigenvalue weighted by atomic mass is 10.3. The minimum Gasteiger partial charge on any atom is -0.463 e. The molecule has 0 amide bonds. The number of aryl methyl sites for hydroxylation is 1. The second kappa shape index (κ2) is 7.22. The first kappa shape index (κ1) is 16.4. The van der Waals surface area contributed by atoms with Crippen LogP contribution in [0.5, 0.6) is 0 Å². The van der Waals surface area contributed by atoms with E-state index < -0.39 is 23.2 Å². The smallest absolute Gasteiger partial charge is 0.355 e. The molecule has 1 aromatic heterocycles. The third-order valence-corrected chi connectivity index (χ3v) is 2.41. The van der Waals surface area contributed by atoms with Gasteiger partial charge in [-0.25, -0.2) is 14.4 Å². The van der Waals surface area contributed by atoms with Crippen LogP contribution in [0, 0.1) is 6.92 Å². The van der Waals surface area contributed by atoms with Crippen molar-refractivity contribution in [1.82, 2.24) is 9.55 Å². The van der Waals surface area contributed by atoms with Crippen LogP contribution < -0.4 is 11.2 Å². The van der Waals surface area contributed by atoms with Gasteiger partial charge in [-0.05, 0) is 20.8 Å². The van der Waals surface area contributed by atoms with E-state index >= 15 is 0 Å². The molecule has 0 saturated heterocycles. The number of ether oxygens (including phenoxy) is 2. The summed E-state index contributed by atoms with van der Waals surface area (Å²) in [7, 11) is 0. The number of esters is 2. The van der Waals surface area contributed by atoms with E-state index in [2.05, 4.69) is 0 Å². The van der Waals surface area contributed by atoms with Gasteiger partial charge in [-0.3, -0.25) is 14.3 Å². The molecule has 8 nitrogen and oxygen atoms in total. The van der Waals surface area contributed by atoms with E-state index in [-0.39, 0.29) is 24.5 Å². The number of nitrogens with one attached hydrogen (secondary N) is 1. The van der Waals surface area contributed by atoms with Crippen LogP contribution in [0.3, 0.4) is 0 Å². The van der Waals surface area contributed by atoms with E-state index in [0.29, 0.717) is 0 Å². The Labute approximate surface area is 120 Å². The molecule has 0 spiro atoms. The van der Waals surface area contributed by atoms with Crippen LogP contribution in [0.15, 0.2) is 21.9 Å². The SMILES string of the molecule is CCOC(=O)/C=C(\C(=O)OCC)n1cc(C)c(=O)[nH]c1=O. The van der Waals surface area contributed by atoms with E-state index in [1.807, 2.05) is 4.98 Å². The molecule has 0 saturated carbocycles. The third-order valence-electron chi connectivity index (χ3n) is 2.41. The molecule has 0 atom stereocenters. The Morgan fingerprint density at radius 2 is 1.86 bits per heavy atom. The summed E-state index contributed by atoms with van der Waals surface area (Å²) in [4.78, 5) is 48.6. The van der Waals surface area contributed by atoms with Crippen LogP contribution in [0.1, 0.15) is 19.4 Å². The Morgan fingerprint density at radius 1 is 1.24 bits per heavy atom. The Morgan fingerprint density at radius 3 is 2.43 bits per heavy atom. The second-order valence-corrected chi connectivity index (χ2v) is 3.94. The van der Waals surface area contributed by atoms with Crippen LogP contribution in [0.2, 0.25) is 0 Å². The predicted molar refractivity (Wildman–Crippen MR) is 73.6 cm³/mol. The molecule has 0 aliphatic rings. The molecule has 1 N–H and O–H groups in total. The van der Waals surface area contributed by atoms with E-state index in [4.69, 9.17) is 9.47 Å². The minimum atomic E-state index is -0.876. The number of aromatic nitrogens is 2. The standard InChI is InChI=1S/C13H16N2O6/c1-4-20-10(16)6-9(12(18)21-5-2)15-7-8(3)11(17)14-13(15)19/h6-7H,4-5H2,1-3H3,(H,14,17,19)/b9-6+. The van der Waals surface area contributed by atoms with Gasteiger partial charge in [0.2, 0.25) is 0 Å². The molecule has 0 aliphatic carbocycles. The summed E-state index contributed by atoms with van der Waals surface area (Å²) in [6.45, 7) is 4.83. The lowest BCUT2D eigenvalue weighted by molar-refractivity contribution is -0.139. The number of hydrogen-bond donors (Lipinski definition) is 1. The first-order valence-corrected chi connectivity index (χ1v) is 6.29. The molecule has 0 radical (unpaired) electrons. The van der Waals surface area contributed by atoms with E-state index in [0.717, 1.165) is 16.8 Å². The normalized spacial score (nSPS) is 11.1. The van der Waals surface area contributed by atoms with Crippen LogP contribution in [0.4, 0.5) is 0 Å². The van der Waals surface area contributed by atoms with Crippen molar-refractivity contribution in [3.8, 4) is 0 Å². The fourth-order valence-electron chi connectivity index (χ4n) is 1.47. The Hall–Kier alpha value is -2.64. The summed E-state index contributed by atoms with van der Waals surface area (Å²) in [5.41, 5.74) is -1.56. The lowest BCUT2D eigenvalue weighted by Gasteiger charge is -2.09. The van der Waals surface area contributed by atoms with Crippen molar-refractivity contribution < 1.29 is 19.1 Å². The topological polar surface area (TPSA) is 107 Å². The molecular weight excluding hydrogens is 280 g/mol. The van der Waals surface area contributed by atoms with Gasteiger partial charge in [-0.1, -0.05) is 0 Å². The first-order chi connectivity index (χ1) is 9.90. The fourth-order valence-corrected chi connectivity index (χ4v) is 1.47. The van der Waals surface area contributed by atoms with Gasteiger partial charge in [0.15, 0.2) is 0 Å². The number of aromatic amines is 1. The maximum Gasteiger partial charge on any atom is 0.355 e. The highest BCUT2D eigenvalue weighted by Gasteiger charge is 2.18. The average molecular weight is 296 g/mol. The molecule has 0 aliphatic heterocycles. The van der Waals surface area contributed by atoms with Crippen molar-refractivity contribution in [2.75, 3.05) is 13.2 Å². The number of hydrogen-bond acceptors (Lipinski definition) is 6. The van der Waals surface area contributed by atoms with Gasteiger partial charge < -0.3 is 9.47 Å². The first-order valence-electron chi connectivity index (χ1n) is 6.29. The predicted octanol–water partition coefficient (Wildman–Crippen LogP) is -0.188. The zero-order valence-electron chi connectivity index (χ0n) is 12.0. The minimum absolute atomic E-state index is 0.0656. The van der Waals surface area contributed by atoms with Crippen molar-refractivity contribution in [3.05, 3.63) is 38.7 Å². The summed E-state index contributed by atoms with van der Waals surface area (Å²) >= 11 is 0. The van der Waals surface area contributed by atoms with Gasteiger partial charge in [-0.15, -0.1) is 0 Å². The van der Waals surface area contributed by atoms with Crippen molar-refractivity contribution >= 4 is 17.6 Å². The molecule has 8 heteroatoms. The molecular formula is C13H16N2O6. The molecule has 1 rings (SSSR count). The molecule has 21 heavy (non-hydrogen) atoms. The quantitative estimate of drug-likeness (QED) is 0.596. The van der Waals surface area contributed by atoms with Crippen LogP contribution >= 0.6 is 0 Å². The largest absolute Gasteiger partial charge is 0.463 e. The number of rotatable bonds is 5. The molecule has 1 aromatic rings. The van der Waals surface area contributed by atoms with Gasteiger partial charge in [0, 0.05) is 11.8 Å². The summed E-state index contributed by atoms with van der Waals surface area (Å²) in [6, 6.07) is 0. The van der Waals surface area contributed by atoms with Gasteiger partial charge >= 0.3 is 17.6 Å². The summed E-state index contributed by atoms with van der Waals surface area (Å²) in [5, 5.41) is 0. The monoisotopic (exact) mass is 296 g/mol. The van der Waals surface area contributed by atoms with Crippen LogP contribution in [-0.4, -0.2) is 34.7 Å². The van der Waals surface area contributed by atoms with Crippen molar-refractivity contribution in [3.63, 3.8) is 0 Å². The lowest BCUT2D eigenvalue weighted by Crippen LogP contribution is -2.33. The molecule has 114 valence electrons. The van der Waals surface area contributed by atoms with Gasteiger partial charge in [0.25, 0.3) is 5.56 Å². The highest BCUT2D eigenvalue weighted by atomic mass is 16.5. The summed E-state index contributed by atoms with van der Waals surface area (Å²) < 4.78 is 10.3. The Bertz CT molecular complexity index is 683. The van der Waals surface area contributed by atoms with E-state index in [1.165, 1.54) is 6.92 Å². The Kier molecular flexibility index (Phi) is 5.65. The van der Waals surface area contributed by atoms with Crippen molar-refractivity contribution in [2.24, 2.45) is 0 Å². The number of carbonyl (C=O) groups is 2. The maximum atomic E-state index is 11.9. The number of nitrogens with zero attached hydrogens (tertiary/aromatic N) is 1. The van der Waals surface area contributed by atoms with E-state index in [9.17, 15) is 19.2 Å². The molecule has 0 unspecified atom stereocenters. The third kappa shape index (κ3) is 4.16. The fraction of sp³-hybridized carbons (Fsp3) is 0.385. The summed E-state index contributed by atoms with van der Waals surface area (Å²) in [5.74, 6) is -1.67. The number of carbonyl (C=O) groups excluding carboxylic acids is 2. The van der Waals surface area contributed by atoms with Crippen molar-refractivity contribution in [1.29, 1.82) is 0 Å². The van der Waals surface area contributed by atoms with E-state index in [1.54, 1.807) is 13.8 Å². The van der Waals surface area contributed by atoms with Crippen molar-refractivity contribution in [2.45, 2.75) is 20.8 Å². The summed E-state index contributed by atoms with van der Waals surface area (Å²) in [6.07, 6.45) is 2.00. The maximum absolute atomic E-state index is 11.9. The van der Waals surface area contributed by atoms with Gasteiger partial charge in [0.1, 0.15) is 5.70 Å². The molecule has 0 aromatic carbocycles. The number of H-pyrrole nitrogens is 1. The van der Waals surface area contributed by atoms with Crippen LogP contribution in [-0.2, 0) is 19.1 Å². The highest BCUT2D eigenvalue weighted by Crippen LogP contribution is 2.05. The zero-order valence-corrected chi connectivity index (χ0v) is 12.0. The van der Waals surface area contributed by atoms with Gasteiger partial charge in [-0.2, -0.15) is 0 Å².